The van der Waals surface area contributed by atoms with Crippen molar-refractivity contribution in [3.8, 4) is 5.88 Å². The molecule has 0 radical (unpaired) electrons. The molecule has 0 unspecified atom stereocenters. The Labute approximate surface area is 167 Å². The predicted octanol–water partition coefficient (Wildman–Crippen LogP) is 1.84. The number of nitrogens with one attached hydrogen (secondary N) is 1. The van der Waals surface area contributed by atoms with Crippen molar-refractivity contribution in [3.05, 3.63) is 58.5 Å². The lowest BCUT2D eigenvalue weighted by atomic mass is 9.99. The summed E-state index contributed by atoms with van der Waals surface area (Å²) in [6.07, 6.45) is -0.373. The van der Waals surface area contributed by atoms with Crippen LogP contribution in [0.3, 0.4) is 0 Å². The van der Waals surface area contributed by atoms with Crippen molar-refractivity contribution in [2.45, 2.75) is 12.5 Å². The maximum atomic E-state index is 14.5. The van der Waals surface area contributed by atoms with E-state index in [4.69, 9.17) is 15.2 Å². The third-order valence-corrected chi connectivity index (χ3v) is 4.31. The highest BCUT2D eigenvalue weighted by Crippen LogP contribution is 2.22. The zero-order valence-corrected chi connectivity index (χ0v) is 16.1. The first-order chi connectivity index (χ1) is 13.0. The number of nitrogens with zero attached hydrogens (tertiary/aromatic N) is 1. The molecule has 3 rings (SSSR count). The fourth-order valence-corrected chi connectivity index (χ4v) is 2.86. The van der Waals surface area contributed by atoms with Crippen molar-refractivity contribution >= 4 is 24.1 Å². The molecule has 1 atom stereocenters. The number of rotatable bonds is 6. The minimum Gasteiger partial charge on any atom is -0.481 e. The summed E-state index contributed by atoms with van der Waals surface area (Å²) < 4.78 is 25.1. The first kappa shape index (κ1) is 21.7. The first-order valence-corrected chi connectivity index (χ1v) is 8.47. The maximum Gasteiger partial charge on any atom is 0.267 e. The van der Waals surface area contributed by atoms with E-state index < -0.39 is 11.7 Å². The van der Waals surface area contributed by atoms with Gasteiger partial charge >= 0.3 is 0 Å². The molecule has 3 N–H and O–H groups in total. The van der Waals surface area contributed by atoms with Crippen LogP contribution in [0.1, 0.15) is 38.1 Å². The van der Waals surface area contributed by atoms with Gasteiger partial charge in [-0.1, -0.05) is 12.1 Å². The van der Waals surface area contributed by atoms with E-state index >= 15 is 0 Å². The van der Waals surface area contributed by atoms with Gasteiger partial charge in [0.25, 0.3) is 5.91 Å². The Balaban J connectivity index is 0.00000280. The van der Waals surface area contributed by atoms with Crippen LogP contribution in [0.4, 0.5) is 4.39 Å². The van der Waals surface area contributed by atoms with E-state index in [-0.39, 0.29) is 53.4 Å². The largest absolute Gasteiger partial charge is 0.481 e. The number of aromatic nitrogens is 1. The average Bonchev–Trinajstić information content (AvgIpc) is 2.69. The van der Waals surface area contributed by atoms with Gasteiger partial charge in [-0.05, 0) is 23.3 Å². The lowest BCUT2D eigenvalue weighted by Gasteiger charge is -2.24. The molecular formula is C19H21ClFN3O4. The van der Waals surface area contributed by atoms with Gasteiger partial charge in [0.2, 0.25) is 5.88 Å². The van der Waals surface area contributed by atoms with Gasteiger partial charge in [0, 0.05) is 31.1 Å². The number of ketones is 1. The fraction of sp³-hybridized carbons (Fsp3) is 0.316. The van der Waals surface area contributed by atoms with Crippen LogP contribution < -0.4 is 15.8 Å². The van der Waals surface area contributed by atoms with Gasteiger partial charge in [-0.15, -0.1) is 12.4 Å². The van der Waals surface area contributed by atoms with Crippen LogP contribution in [-0.4, -0.2) is 43.5 Å². The average molecular weight is 410 g/mol. The standard InChI is InChI=1S/C19H20FN3O4.ClH/c1-26-18-9-13(7-15(23-18)19(21)25)16(24)8-11-2-3-12(6-14(11)20)17-10-22-4-5-27-17;/h2-3,6-7,9,17,22H,4-5,8,10H2,1H3,(H2,21,25);1H/t17-;/m1./s1. The highest BCUT2D eigenvalue weighted by molar-refractivity contribution is 6.00. The fourth-order valence-electron chi connectivity index (χ4n) is 2.86. The van der Waals surface area contributed by atoms with E-state index in [1.165, 1.54) is 25.3 Å². The highest BCUT2D eigenvalue weighted by Gasteiger charge is 2.19. The zero-order chi connectivity index (χ0) is 19.4. The first-order valence-electron chi connectivity index (χ1n) is 8.47. The van der Waals surface area contributed by atoms with Crippen molar-refractivity contribution in [1.29, 1.82) is 0 Å². The predicted molar refractivity (Wildman–Crippen MR) is 103 cm³/mol. The second kappa shape index (κ2) is 9.59. The molecule has 9 heteroatoms. The second-order valence-corrected chi connectivity index (χ2v) is 6.16. The molecule has 1 aliphatic heterocycles. The monoisotopic (exact) mass is 409 g/mol. The minimum absolute atomic E-state index is 0. The third kappa shape index (κ3) is 5.03. The number of Topliss-reactive ketones (excluding diaryl/α,β-unsaturated/α-hetero) is 1. The molecule has 150 valence electrons. The third-order valence-electron chi connectivity index (χ3n) is 4.31. The van der Waals surface area contributed by atoms with Gasteiger partial charge in [-0.3, -0.25) is 9.59 Å². The lowest BCUT2D eigenvalue weighted by molar-refractivity contribution is 0.0275. The van der Waals surface area contributed by atoms with E-state index in [0.29, 0.717) is 13.2 Å². The summed E-state index contributed by atoms with van der Waals surface area (Å²) in [5, 5.41) is 3.19. The van der Waals surface area contributed by atoms with Crippen LogP contribution in [0.25, 0.3) is 0 Å². The van der Waals surface area contributed by atoms with E-state index in [1.807, 2.05) is 0 Å². The molecule has 0 aliphatic carbocycles. The Hall–Kier alpha value is -2.55. The molecule has 7 nitrogen and oxygen atoms in total. The van der Waals surface area contributed by atoms with Crippen LogP contribution in [0, 0.1) is 5.82 Å². The summed E-state index contributed by atoms with van der Waals surface area (Å²) in [5.74, 6) is -1.54. The summed E-state index contributed by atoms with van der Waals surface area (Å²) in [7, 11) is 1.36. The molecule has 0 saturated carbocycles. The van der Waals surface area contributed by atoms with E-state index in [1.54, 1.807) is 12.1 Å². The second-order valence-electron chi connectivity index (χ2n) is 6.16. The molecule has 1 aromatic heterocycles. The number of carbonyl (C=O) groups excluding carboxylic acids is 2. The van der Waals surface area contributed by atoms with Crippen molar-refractivity contribution in [1.82, 2.24) is 10.3 Å². The molecule has 0 bridgehead atoms. The molecule has 1 amide bonds. The highest BCUT2D eigenvalue weighted by atomic mass is 35.5. The molecule has 1 fully saturated rings. The van der Waals surface area contributed by atoms with Crippen molar-refractivity contribution in [2.75, 3.05) is 26.8 Å². The zero-order valence-electron chi connectivity index (χ0n) is 15.2. The van der Waals surface area contributed by atoms with Crippen molar-refractivity contribution in [2.24, 2.45) is 5.73 Å². The summed E-state index contributed by atoms with van der Waals surface area (Å²) in [6.45, 7) is 1.96. The molecule has 1 aliphatic rings. The van der Waals surface area contributed by atoms with Gasteiger partial charge in [0.1, 0.15) is 11.5 Å². The number of hydrogen-bond acceptors (Lipinski definition) is 6. The van der Waals surface area contributed by atoms with Crippen LogP contribution in [0.5, 0.6) is 5.88 Å². The number of methoxy groups -OCH3 is 1. The van der Waals surface area contributed by atoms with Crippen LogP contribution in [0.2, 0.25) is 0 Å². The van der Waals surface area contributed by atoms with E-state index in [9.17, 15) is 14.0 Å². The number of halogens is 2. The number of hydrogen-bond donors (Lipinski definition) is 2. The summed E-state index contributed by atoms with van der Waals surface area (Å²) in [5.41, 5.74) is 6.29. The molecular weight excluding hydrogens is 389 g/mol. The smallest absolute Gasteiger partial charge is 0.267 e. The van der Waals surface area contributed by atoms with Crippen LogP contribution in [0.15, 0.2) is 30.3 Å². The van der Waals surface area contributed by atoms with Gasteiger partial charge < -0.3 is 20.5 Å². The molecule has 2 heterocycles. The summed E-state index contributed by atoms with van der Waals surface area (Å²) in [6, 6.07) is 7.39. The Morgan fingerprint density at radius 1 is 1.36 bits per heavy atom. The molecule has 1 aromatic carbocycles. The molecule has 28 heavy (non-hydrogen) atoms. The summed E-state index contributed by atoms with van der Waals surface area (Å²) in [4.78, 5) is 27.8. The topological polar surface area (TPSA) is 104 Å². The number of pyridine rings is 1. The number of nitrogens with two attached hydrogens (primary N) is 1. The van der Waals surface area contributed by atoms with Gasteiger partial charge in [-0.25, -0.2) is 9.37 Å². The van der Waals surface area contributed by atoms with Gasteiger partial charge in [0.05, 0.1) is 19.8 Å². The Morgan fingerprint density at radius 3 is 2.75 bits per heavy atom. The number of morpholine rings is 1. The SMILES string of the molecule is COc1cc(C(=O)Cc2ccc([C@H]3CNCCO3)cc2F)cc(C(N)=O)n1.Cl. The normalized spacial score (nSPS) is 16.1. The van der Waals surface area contributed by atoms with Crippen LogP contribution in [-0.2, 0) is 11.2 Å². The van der Waals surface area contributed by atoms with E-state index in [0.717, 1.165) is 12.1 Å². The number of carbonyl (C=O) groups is 2. The van der Waals surface area contributed by atoms with Crippen molar-refractivity contribution < 1.29 is 23.5 Å². The minimum atomic E-state index is -0.778. The lowest BCUT2D eigenvalue weighted by Crippen LogP contribution is -2.33. The van der Waals surface area contributed by atoms with Gasteiger partial charge in [0.15, 0.2) is 5.78 Å². The number of primary amides is 1. The molecule has 2 aromatic rings. The number of amides is 1. The molecule has 1 saturated heterocycles. The van der Waals surface area contributed by atoms with Gasteiger partial charge in [-0.2, -0.15) is 0 Å². The molecule has 0 spiro atoms. The maximum absolute atomic E-state index is 14.5. The quantitative estimate of drug-likeness (QED) is 0.705. The van der Waals surface area contributed by atoms with Crippen molar-refractivity contribution in [3.63, 3.8) is 0 Å². The Kier molecular flexibility index (Phi) is 7.45. The number of benzene rings is 1. The van der Waals surface area contributed by atoms with Crippen LogP contribution >= 0.6 is 12.4 Å². The Bertz CT molecular complexity index is 872. The summed E-state index contributed by atoms with van der Waals surface area (Å²) >= 11 is 0. The Morgan fingerprint density at radius 2 is 2.14 bits per heavy atom. The van der Waals surface area contributed by atoms with E-state index in [2.05, 4.69) is 10.3 Å². The number of ether oxygens (including phenoxy) is 2.